The molecule has 2 aliphatic rings. The number of anilines is 1. The molecule has 18 heavy (non-hydrogen) atoms. The molecule has 1 unspecified atom stereocenters. The molecule has 1 atom stereocenters. The number of nitrogen functional groups attached to an aromatic ring is 1. The summed E-state index contributed by atoms with van der Waals surface area (Å²) in [5.41, 5.74) is 3.39. The fraction of sp³-hybridized carbons (Fsp3) is 0.692. The van der Waals surface area contributed by atoms with Crippen molar-refractivity contribution < 1.29 is 4.74 Å². The van der Waals surface area contributed by atoms with Crippen LogP contribution >= 0.6 is 0 Å². The van der Waals surface area contributed by atoms with Crippen molar-refractivity contribution >= 4 is 5.82 Å². The Morgan fingerprint density at radius 3 is 2.83 bits per heavy atom. The van der Waals surface area contributed by atoms with E-state index in [-0.39, 0.29) is 5.60 Å². The van der Waals surface area contributed by atoms with Crippen LogP contribution in [0.15, 0.2) is 6.07 Å². The average molecular weight is 248 g/mol. The summed E-state index contributed by atoms with van der Waals surface area (Å²) in [5.74, 6) is 7.56. The zero-order valence-corrected chi connectivity index (χ0v) is 10.8. The van der Waals surface area contributed by atoms with E-state index in [1.54, 1.807) is 0 Å². The third-order valence-electron chi connectivity index (χ3n) is 3.83. The minimum Gasteiger partial charge on any atom is -0.367 e. The lowest BCUT2D eigenvalue weighted by molar-refractivity contribution is -0.0760. The third kappa shape index (κ3) is 2.20. The predicted molar refractivity (Wildman–Crippen MR) is 69.0 cm³/mol. The maximum absolute atomic E-state index is 5.91. The lowest BCUT2D eigenvalue weighted by Crippen LogP contribution is -2.33. The highest BCUT2D eigenvalue weighted by Gasteiger charge is 2.35. The summed E-state index contributed by atoms with van der Waals surface area (Å²) in [6.07, 6.45) is 5.71. The first kappa shape index (κ1) is 11.9. The van der Waals surface area contributed by atoms with Crippen LogP contribution in [0.2, 0.25) is 0 Å². The summed E-state index contributed by atoms with van der Waals surface area (Å²) in [4.78, 5) is 9.19. The summed E-state index contributed by atoms with van der Waals surface area (Å²) in [6, 6.07) is 1.95. The molecule has 1 aliphatic carbocycles. The van der Waals surface area contributed by atoms with Gasteiger partial charge in [-0.2, -0.15) is 0 Å². The number of aromatic nitrogens is 2. The molecule has 1 aromatic rings. The van der Waals surface area contributed by atoms with Crippen molar-refractivity contribution in [2.45, 2.75) is 50.5 Å². The second kappa shape index (κ2) is 4.48. The van der Waals surface area contributed by atoms with Gasteiger partial charge < -0.3 is 10.2 Å². The van der Waals surface area contributed by atoms with Gasteiger partial charge in [-0.15, -0.1) is 0 Å². The van der Waals surface area contributed by atoms with E-state index in [2.05, 4.69) is 17.3 Å². The molecule has 0 bridgehead atoms. The molecule has 3 N–H and O–H groups in total. The Kier molecular flexibility index (Phi) is 2.95. The molecule has 0 amide bonds. The zero-order valence-electron chi connectivity index (χ0n) is 10.8. The van der Waals surface area contributed by atoms with E-state index >= 15 is 0 Å². The van der Waals surface area contributed by atoms with E-state index in [9.17, 15) is 0 Å². The molecule has 2 fully saturated rings. The number of nitrogens with two attached hydrogens (primary N) is 1. The van der Waals surface area contributed by atoms with Crippen LogP contribution < -0.4 is 11.3 Å². The maximum Gasteiger partial charge on any atom is 0.162 e. The lowest BCUT2D eigenvalue weighted by atomic mass is 9.95. The normalized spacial score (nSPS) is 28.1. The van der Waals surface area contributed by atoms with Crippen LogP contribution in [-0.2, 0) is 10.3 Å². The van der Waals surface area contributed by atoms with Gasteiger partial charge in [-0.05, 0) is 39.0 Å². The Hall–Kier alpha value is -1.20. The largest absolute Gasteiger partial charge is 0.367 e. The molecule has 1 saturated heterocycles. The minimum absolute atomic E-state index is 0.352. The number of nitrogens with one attached hydrogen (secondary N) is 1. The van der Waals surface area contributed by atoms with E-state index in [4.69, 9.17) is 15.6 Å². The Morgan fingerprint density at radius 2 is 2.22 bits per heavy atom. The van der Waals surface area contributed by atoms with Gasteiger partial charge in [-0.3, -0.25) is 0 Å². The monoisotopic (exact) mass is 248 g/mol. The maximum atomic E-state index is 5.91. The summed E-state index contributed by atoms with van der Waals surface area (Å²) in [6.45, 7) is 2.87. The van der Waals surface area contributed by atoms with Crippen LogP contribution in [-0.4, -0.2) is 16.6 Å². The molecule has 1 saturated carbocycles. The molecular formula is C13H20N4O. The molecular weight excluding hydrogens is 228 g/mol. The van der Waals surface area contributed by atoms with Gasteiger partial charge in [0, 0.05) is 24.3 Å². The topological polar surface area (TPSA) is 73.1 Å². The molecule has 0 aromatic carbocycles. The highest BCUT2D eigenvalue weighted by atomic mass is 16.5. The summed E-state index contributed by atoms with van der Waals surface area (Å²) >= 11 is 0. The van der Waals surface area contributed by atoms with Crippen LogP contribution in [0.5, 0.6) is 0 Å². The fourth-order valence-corrected chi connectivity index (χ4v) is 2.48. The van der Waals surface area contributed by atoms with E-state index < -0.39 is 0 Å². The van der Waals surface area contributed by atoms with E-state index in [0.29, 0.717) is 11.7 Å². The van der Waals surface area contributed by atoms with E-state index in [1.165, 1.54) is 19.3 Å². The smallest absolute Gasteiger partial charge is 0.162 e. The Bertz CT molecular complexity index is 439. The summed E-state index contributed by atoms with van der Waals surface area (Å²) < 4.78 is 5.91. The number of hydrogen-bond donors (Lipinski definition) is 2. The molecule has 0 spiro atoms. The molecule has 1 aromatic heterocycles. The molecule has 5 heteroatoms. The number of nitrogens with zero attached hydrogens (tertiary/aromatic N) is 2. The number of rotatable bonds is 3. The SMILES string of the molecule is CC1(c2nc(NN)cc(C3CC3)n2)CCCCO1. The van der Waals surface area contributed by atoms with Gasteiger partial charge in [0.1, 0.15) is 11.4 Å². The summed E-state index contributed by atoms with van der Waals surface area (Å²) in [5, 5.41) is 0. The van der Waals surface area contributed by atoms with E-state index in [1.807, 2.05) is 6.07 Å². The minimum atomic E-state index is -0.352. The van der Waals surface area contributed by atoms with Gasteiger partial charge in [0.05, 0.1) is 0 Å². The number of hydrogen-bond acceptors (Lipinski definition) is 5. The van der Waals surface area contributed by atoms with Crippen LogP contribution in [0, 0.1) is 0 Å². The first-order chi connectivity index (χ1) is 8.71. The third-order valence-corrected chi connectivity index (χ3v) is 3.83. The molecule has 2 heterocycles. The molecule has 1 aliphatic heterocycles. The van der Waals surface area contributed by atoms with Gasteiger partial charge in [0.15, 0.2) is 5.82 Å². The van der Waals surface area contributed by atoms with Crippen LogP contribution in [0.25, 0.3) is 0 Å². The van der Waals surface area contributed by atoms with Crippen LogP contribution in [0.3, 0.4) is 0 Å². The lowest BCUT2D eigenvalue weighted by Gasteiger charge is -2.32. The predicted octanol–water partition coefficient (Wildman–Crippen LogP) is 2.06. The standard InChI is InChI=1S/C13H20N4O/c1-13(6-2-3-7-18-13)12-15-10(9-4-5-9)8-11(16-12)17-14/h8-9H,2-7,14H2,1H3,(H,15,16,17). The highest BCUT2D eigenvalue weighted by molar-refractivity contribution is 5.37. The van der Waals surface area contributed by atoms with Crippen molar-refractivity contribution in [3.05, 3.63) is 17.6 Å². The second-order valence-electron chi connectivity index (χ2n) is 5.46. The van der Waals surface area contributed by atoms with Crippen molar-refractivity contribution in [2.75, 3.05) is 12.0 Å². The zero-order chi connectivity index (χ0) is 12.6. The Balaban J connectivity index is 1.96. The first-order valence-corrected chi connectivity index (χ1v) is 6.71. The molecule has 5 nitrogen and oxygen atoms in total. The molecule has 3 rings (SSSR count). The number of ether oxygens (including phenoxy) is 1. The van der Waals surface area contributed by atoms with Gasteiger partial charge in [-0.25, -0.2) is 15.8 Å². The van der Waals surface area contributed by atoms with Gasteiger partial charge in [0.25, 0.3) is 0 Å². The van der Waals surface area contributed by atoms with Crippen LogP contribution in [0.4, 0.5) is 5.82 Å². The summed E-state index contributed by atoms with van der Waals surface area (Å²) in [7, 11) is 0. The fourth-order valence-electron chi connectivity index (χ4n) is 2.48. The average Bonchev–Trinajstić information content (AvgIpc) is 3.23. The highest BCUT2D eigenvalue weighted by Crippen LogP contribution is 2.41. The van der Waals surface area contributed by atoms with Crippen molar-refractivity contribution in [3.8, 4) is 0 Å². The van der Waals surface area contributed by atoms with Crippen LogP contribution in [0.1, 0.15) is 56.5 Å². The molecule has 98 valence electrons. The van der Waals surface area contributed by atoms with Crippen molar-refractivity contribution in [1.29, 1.82) is 0 Å². The Morgan fingerprint density at radius 1 is 1.39 bits per heavy atom. The Labute approximate surface area is 107 Å². The quantitative estimate of drug-likeness (QED) is 0.632. The first-order valence-electron chi connectivity index (χ1n) is 6.71. The number of hydrazine groups is 1. The van der Waals surface area contributed by atoms with Gasteiger partial charge in [-0.1, -0.05) is 0 Å². The van der Waals surface area contributed by atoms with Crippen molar-refractivity contribution in [3.63, 3.8) is 0 Å². The van der Waals surface area contributed by atoms with Crippen molar-refractivity contribution in [1.82, 2.24) is 9.97 Å². The second-order valence-corrected chi connectivity index (χ2v) is 5.46. The van der Waals surface area contributed by atoms with Crippen molar-refractivity contribution in [2.24, 2.45) is 5.84 Å². The van der Waals surface area contributed by atoms with Gasteiger partial charge in [0.2, 0.25) is 0 Å². The van der Waals surface area contributed by atoms with Gasteiger partial charge >= 0.3 is 0 Å². The molecule has 0 radical (unpaired) electrons. The van der Waals surface area contributed by atoms with E-state index in [0.717, 1.165) is 31.0 Å².